The summed E-state index contributed by atoms with van der Waals surface area (Å²) in [6.45, 7) is 11.3. The Kier molecular flexibility index (Phi) is 8.64. The lowest BCUT2D eigenvalue weighted by Crippen LogP contribution is -2.30. The van der Waals surface area contributed by atoms with Gasteiger partial charge in [-0.05, 0) is 58.2 Å². The van der Waals surface area contributed by atoms with Gasteiger partial charge >= 0.3 is 11.9 Å². The summed E-state index contributed by atoms with van der Waals surface area (Å²) in [5.74, 6) is -0.548. The van der Waals surface area contributed by atoms with E-state index in [9.17, 15) is 14.7 Å². The molecule has 3 N–H and O–H groups in total. The number of hydrogen-bond donors (Lipinski definition) is 2. The van der Waals surface area contributed by atoms with Gasteiger partial charge in [-0.25, -0.2) is 0 Å². The summed E-state index contributed by atoms with van der Waals surface area (Å²) < 4.78 is 11.2. The summed E-state index contributed by atoms with van der Waals surface area (Å²) in [4.78, 5) is 25.3. The fourth-order valence-corrected chi connectivity index (χ4v) is 2.96. The van der Waals surface area contributed by atoms with E-state index < -0.39 is 28.9 Å². The maximum Gasteiger partial charge on any atom is 0.317 e. The van der Waals surface area contributed by atoms with Crippen molar-refractivity contribution >= 4 is 11.9 Å². The molecule has 0 aliphatic rings. The third-order valence-corrected chi connectivity index (χ3v) is 4.84. The molecular weight excluding hydrogens is 358 g/mol. The number of carbonyl (C=O) groups excluding carboxylic acids is 2. The van der Waals surface area contributed by atoms with Gasteiger partial charge in [-0.3, -0.25) is 9.59 Å². The van der Waals surface area contributed by atoms with Gasteiger partial charge in [0, 0.05) is 6.54 Å². The van der Waals surface area contributed by atoms with Crippen molar-refractivity contribution in [3.05, 3.63) is 23.8 Å². The molecule has 0 spiro atoms. The molecule has 1 aromatic carbocycles. The van der Waals surface area contributed by atoms with Crippen LogP contribution in [0.2, 0.25) is 0 Å². The number of aliphatic hydroxyl groups excluding tert-OH is 1. The van der Waals surface area contributed by atoms with Crippen molar-refractivity contribution in [2.24, 2.45) is 16.6 Å². The van der Waals surface area contributed by atoms with Crippen molar-refractivity contribution in [1.29, 1.82) is 0 Å². The van der Waals surface area contributed by atoms with Crippen LogP contribution in [0, 0.1) is 10.8 Å². The molecule has 28 heavy (non-hydrogen) atoms. The van der Waals surface area contributed by atoms with Crippen molar-refractivity contribution in [2.75, 3.05) is 6.54 Å². The number of aliphatic hydroxyl groups is 1. The van der Waals surface area contributed by atoms with Crippen LogP contribution in [0.5, 0.6) is 11.5 Å². The zero-order chi connectivity index (χ0) is 21.5. The second-order valence-electron chi connectivity index (χ2n) is 8.50. The maximum absolute atomic E-state index is 12.7. The summed E-state index contributed by atoms with van der Waals surface area (Å²) >= 11 is 0. The van der Waals surface area contributed by atoms with Crippen LogP contribution in [-0.4, -0.2) is 23.6 Å². The monoisotopic (exact) mass is 393 g/mol. The Morgan fingerprint density at radius 2 is 1.43 bits per heavy atom. The van der Waals surface area contributed by atoms with Crippen molar-refractivity contribution in [3.63, 3.8) is 0 Å². The Labute approximate surface area is 168 Å². The molecule has 6 heteroatoms. The normalized spacial score (nSPS) is 13.1. The number of ether oxygens (including phenoxy) is 2. The summed E-state index contributed by atoms with van der Waals surface area (Å²) in [6.07, 6.45) is 2.12. The fraction of sp³-hybridized carbons (Fsp3) is 0.636. The highest BCUT2D eigenvalue weighted by atomic mass is 16.6. The first-order valence-corrected chi connectivity index (χ1v) is 9.95. The van der Waals surface area contributed by atoms with E-state index in [1.165, 1.54) is 12.1 Å². The standard InChI is InChI=1S/C22H35NO5/c1-7-11-21(3,4)19(25)27-17-10-9-15(16(24)14-23)13-18(17)28-20(26)22(5,6)12-8-2/h9-10,13,16,24H,7-8,11-12,14,23H2,1-6H3. The second kappa shape index (κ2) is 10.0. The Balaban J connectivity index is 3.22. The van der Waals surface area contributed by atoms with E-state index in [-0.39, 0.29) is 18.0 Å². The van der Waals surface area contributed by atoms with Crippen LogP contribution in [-0.2, 0) is 9.59 Å². The molecule has 0 saturated heterocycles. The zero-order valence-corrected chi connectivity index (χ0v) is 18.0. The summed E-state index contributed by atoms with van der Waals surface area (Å²) in [6, 6.07) is 4.65. The highest BCUT2D eigenvalue weighted by molar-refractivity contribution is 5.81. The van der Waals surface area contributed by atoms with Crippen LogP contribution in [0.15, 0.2) is 18.2 Å². The van der Waals surface area contributed by atoms with E-state index in [0.717, 1.165) is 12.8 Å². The van der Waals surface area contributed by atoms with E-state index in [1.807, 2.05) is 41.5 Å². The molecule has 0 aliphatic heterocycles. The SMILES string of the molecule is CCCC(C)(C)C(=O)Oc1ccc(C(O)CN)cc1OC(=O)C(C)(C)CCC. The number of esters is 2. The lowest BCUT2D eigenvalue weighted by atomic mass is 9.88. The smallest absolute Gasteiger partial charge is 0.317 e. The first-order valence-electron chi connectivity index (χ1n) is 9.95. The summed E-state index contributed by atoms with van der Waals surface area (Å²) in [5.41, 5.74) is 4.68. The molecule has 0 heterocycles. The molecule has 0 bridgehead atoms. The topological polar surface area (TPSA) is 98.8 Å². The molecule has 0 aliphatic carbocycles. The Morgan fingerprint density at radius 1 is 0.964 bits per heavy atom. The van der Waals surface area contributed by atoms with E-state index in [2.05, 4.69) is 0 Å². The Bertz CT molecular complexity index is 682. The van der Waals surface area contributed by atoms with Crippen molar-refractivity contribution in [3.8, 4) is 11.5 Å². The third kappa shape index (κ3) is 6.31. The lowest BCUT2D eigenvalue weighted by molar-refractivity contribution is -0.147. The number of rotatable bonds is 10. The minimum atomic E-state index is -0.901. The van der Waals surface area contributed by atoms with Crippen LogP contribution in [0.3, 0.4) is 0 Å². The minimum Gasteiger partial charge on any atom is -0.422 e. The molecule has 0 amide bonds. The molecule has 6 nitrogen and oxygen atoms in total. The third-order valence-electron chi connectivity index (χ3n) is 4.84. The van der Waals surface area contributed by atoms with Gasteiger partial charge in [0.2, 0.25) is 0 Å². The highest BCUT2D eigenvalue weighted by Gasteiger charge is 2.32. The molecule has 1 unspecified atom stereocenters. The lowest BCUT2D eigenvalue weighted by Gasteiger charge is -2.24. The Morgan fingerprint density at radius 3 is 1.86 bits per heavy atom. The summed E-state index contributed by atoms with van der Waals surface area (Å²) in [7, 11) is 0. The van der Waals surface area contributed by atoms with Gasteiger partial charge in [0.15, 0.2) is 11.5 Å². The molecule has 0 saturated carbocycles. The summed E-state index contributed by atoms with van der Waals surface area (Å²) in [5, 5.41) is 10.0. The first-order chi connectivity index (χ1) is 13.0. The minimum absolute atomic E-state index is 0.0252. The van der Waals surface area contributed by atoms with E-state index >= 15 is 0 Å². The van der Waals surface area contributed by atoms with E-state index in [0.29, 0.717) is 18.4 Å². The molecule has 0 fully saturated rings. The molecule has 1 atom stereocenters. The zero-order valence-electron chi connectivity index (χ0n) is 18.0. The number of hydrogen-bond acceptors (Lipinski definition) is 6. The van der Waals surface area contributed by atoms with Crippen molar-refractivity contribution in [2.45, 2.75) is 73.3 Å². The van der Waals surface area contributed by atoms with Crippen LogP contribution in [0.25, 0.3) is 0 Å². The fourth-order valence-electron chi connectivity index (χ4n) is 2.96. The van der Waals surface area contributed by atoms with E-state index in [1.54, 1.807) is 6.07 Å². The van der Waals surface area contributed by atoms with Crippen molar-refractivity contribution < 1.29 is 24.2 Å². The van der Waals surface area contributed by atoms with E-state index in [4.69, 9.17) is 15.2 Å². The van der Waals surface area contributed by atoms with Crippen LogP contribution >= 0.6 is 0 Å². The molecule has 1 aromatic rings. The average Bonchev–Trinajstić information content (AvgIpc) is 2.62. The predicted molar refractivity (Wildman–Crippen MR) is 109 cm³/mol. The maximum atomic E-state index is 12.7. The molecule has 1 rings (SSSR count). The van der Waals surface area contributed by atoms with Crippen LogP contribution in [0.4, 0.5) is 0 Å². The quantitative estimate of drug-likeness (QED) is 0.458. The number of nitrogens with two attached hydrogens (primary N) is 1. The number of benzene rings is 1. The van der Waals surface area contributed by atoms with Gasteiger partial charge < -0.3 is 20.3 Å². The highest BCUT2D eigenvalue weighted by Crippen LogP contribution is 2.35. The van der Waals surface area contributed by atoms with Gasteiger partial charge in [-0.15, -0.1) is 0 Å². The van der Waals surface area contributed by atoms with Gasteiger partial charge in [0.05, 0.1) is 16.9 Å². The first kappa shape index (κ1) is 24.1. The van der Waals surface area contributed by atoms with Gasteiger partial charge in [-0.2, -0.15) is 0 Å². The van der Waals surface area contributed by atoms with Gasteiger partial charge in [0.25, 0.3) is 0 Å². The largest absolute Gasteiger partial charge is 0.422 e. The molecule has 158 valence electrons. The Hall–Kier alpha value is -1.92. The van der Waals surface area contributed by atoms with Crippen molar-refractivity contribution in [1.82, 2.24) is 0 Å². The van der Waals surface area contributed by atoms with Gasteiger partial charge in [0.1, 0.15) is 0 Å². The average molecular weight is 394 g/mol. The van der Waals surface area contributed by atoms with Crippen LogP contribution in [0.1, 0.15) is 78.9 Å². The second-order valence-corrected chi connectivity index (χ2v) is 8.50. The van der Waals surface area contributed by atoms with Gasteiger partial charge in [-0.1, -0.05) is 32.8 Å². The molecular formula is C22H35NO5. The van der Waals surface area contributed by atoms with Crippen LogP contribution < -0.4 is 15.2 Å². The number of carbonyl (C=O) groups is 2. The molecule has 0 radical (unpaired) electrons. The molecule has 0 aromatic heterocycles. The predicted octanol–water partition coefficient (Wildman–Crippen LogP) is 4.14.